The molecule has 0 saturated heterocycles. The Morgan fingerprint density at radius 2 is 1.93 bits per heavy atom. The molecular weight excluding hydrogens is 394 g/mol. The van der Waals surface area contributed by atoms with Crippen LogP contribution in [0.3, 0.4) is 0 Å². The number of ether oxygens (including phenoxy) is 2. The maximum absolute atomic E-state index is 13.1. The van der Waals surface area contributed by atoms with Crippen molar-refractivity contribution in [1.29, 1.82) is 0 Å². The molecule has 0 atom stereocenters. The van der Waals surface area contributed by atoms with Gasteiger partial charge in [0.2, 0.25) is 11.8 Å². The average molecular weight is 430 g/mol. The number of carbonyl (C=O) groups excluding carboxylic acids is 2. The highest BCUT2D eigenvalue weighted by Gasteiger charge is 2.32. The van der Waals surface area contributed by atoms with Gasteiger partial charge in [-0.2, -0.15) is 0 Å². The van der Waals surface area contributed by atoms with Crippen LogP contribution in [-0.2, 0) is 32.7 Å². The molecule has 29 heavy (non-hydrogen) atoms. The van der Waals surface area contributed by atoms with Gasteiger partial charge in [-0.15, -0.1) is 11.6 Å². The molecule has 0 spiro atoms. The second-order valence-corrected chi connectivity index (χ2v) is 7.98. The molecule has 1 heterocycles. The fourth-order valence-corrected chi connectivity index (χ4v) is 2.97. The average Bonchev–Trinajstić information content (AvgIpc) is 3.11. The van der Waals surface area contributed by atoms with Crippen LogP contribution in [0.1, 0.15) is 32.9 Å². The van der Waals surface area contributed by atoms with Gasteiger partial charge < -0.3 is 23.8 Å². The summed E-state index contributed by atoms with van der Waals surface area (Å²) < 4.78 is 12.5. The van der Waals surface area contributed by atoms with E-state index >= 15 is 0 Å². The number of aryl methyl sites for hydroxylation is 1. The van der Waals surface area contributed by atoms with Crippen LogP contribution in [-0.4, -0.2) is 78.6 Å². The van der Waals surface area contributed by atoms with Crippen molar-refractivity contribution < 1.29 is 19.1 Å². The number of carbonyl (C=O) groups is 2. The molecule has 0 unspecified atom stereocenters. The van der Waals surface area contributed by atoms with E-state index in [0.29, 0.717) is 45.9 Å². The lowest BCUT2D eigenvalue weighted by Crippen LogP contribution is -2.48. The minimum atomic E-state index is -0.733. The minimum absolute atomic E-state index is 0.0133. The van der Waals surface area contributed by atoms with Gasteiger partial charge >= 0.3 is 0 Å². The van der Waals surface area contributed by atoms with Gasteiger partial charge in [-0.3, -0.25) is 9.59 Å². The Morgan fingerprint density at radius 1 is 1.21 bits per heavy atom. The van der Waals surface area contributed by atoms with Gasteiger partial charge in [0.1, 0.15) is 0 Å². The van der Waals surface area contributed by atoms with Gasteiger partial charge in [0, 0.05) is 58.2 Å². The lowest BCUT2D eigenvalue weighted by atomic mass is 9.94. The summed E-state index contributed by atoms with van der Waals surface area (Å²) in [5.41, 5.74) is 0.285. The predicted octanol–water partition coefficient (Wildman–Crippen LogP) is 2.52. The SMILES string of the molecule is CCOCCCN(CC(=O)N(CCOC)Cc1cccn1C)C(=O)C(C)(C)CCl. The van der Waals surface area contributed by atoms with Gasteiger partial charge in [0.15, 0.2) is 0 Å². The van der Waals surface area contributed by atoms with Crippen molar-refractivity contribution in [3.05, 3.63) is 24.0 Å². The van der Waals surface area contributed by atoms with Crippen molar-refractivity contribution in [2.45, 2.75) is 33.7 Å². The number of halogens is 1. The maximum Gasteiger partial charge on any atom is 0.242 e. The van der Waals surface area contributed by atoms with Crippen molar-refractivity contribution >= 4 is 23.4 Å². The van der Waals surface area contributed by atoms with E-state index in [-0.39, 0.29) is 24.2 Å². The Kier molecular flexibility index (Phi) is 11.3. The Morgan fingerprint density at radius 3 is 2.48 bits per heavy atom. The molecule has 0 radical (unpaired) electrons. The van der Waals surface area contributed by atoms with Crippen molar-refractivity contribution in [3.8, 4) is 0 Å². The van der Waals surface area contributed by atoms with Crippen LogP contribution in [0.15, 0.2) is 18.3 Å². The second kappa shape index (κ2) is 12.9. The third-order valence-electron chi connectivity index (χ3n) is 4.77. The lowest BCUT2D eigenvalue weighted by molar-refractivity contribution is -0.146. The molecule has 0 aromatic carbocycles. The Labute approximate surface area is 179 Å². The molecule has 0 aliphatic rings. The van der Waals surface area contributed by atoms with Gasteiger partial charge in [-0.25, -0.2) is 0 Å². The molecule has 2 amide bonds. The summed E-state index contributed by atoms with van der Waals surface area (Å²) in [7, 11) is 3.55. The van der Waals surface area contributed by atoms with Crippen LogP contribution in [0.5, 0.6) is 0 Å². The highest BCUT2D eigenvalue weighted by Crippen LogP contribution is 2.21. The first-order valence-corrected chi connectivity index (χ1v) is 10.6. The van der Waals surface area contributed by atoms with Gasteiger partial charge in [-0.05, 0) is 39.3 Å². The molecule has 0 fully saturated rings. The fraction of sp³-hybridized carbons (Fsp3) is 0.714. The molecule has 0 saturated carbocycles. The number of hydrogen-bond acceptors (Lipinski definition) is 4. The third-order valence-corrected chi connectivity index (χ3v) is 5.44. The molecule has 1 rings (SSSR count). The van der Waals surface area contributed by atoms with Crippen molar-refractivity contribution in [3.63, 3.8) is 0 Å². The van der Waals surface area contributed by atoms with Gasteiger partial charge in [0.25, 0.3) is 0 Å². The molecular formula is C21H36ClN3O4. The van der Waals surface area contributed by atoms with E-state index in [4.69, 9.17) is 21.1 Å². The smallest absolute Gasteiger partial charge is 0.242 e. The number of aromatic nitrogens is 1. The third kappa shape index (κ3) is 8.36. The van der Waals surface area contributed by atoms with E-state index in [1.54, 1.807) is 30.8 Å². The largest absolute Gasteiger partial charge is 0.383 e. The molecule has 8 heteroatoms. The van der Waals surface area contributed by atoms with E-state index in [1.165, 1.54) is 0 Å². The number of amides is 2. The summed E-state index contributed by atoms with van der Waals surface area (Å²) in [5.74, 6) is -0.0417. The normalized spacial score (nSPS) is 11.5. The summed E-state index contributed by atoms with van der Waals surface area (Å²) in [6.45, 7) is 8.53. The molecule has 0 aliphatic heterocycles. The molecule has 7 nitrogen and oxygen atoms in total. The van der Waals surface area contributed by atoms with Crippen molar-refractivity contribution in [2.75, 3.05) is 52.4 Å². The van der Waals surface area contributed by atoms with Crippen LogP contribution >= 0.6 is 11.6 Å². The predicted molar refractivity (Wildman–Crippen MR) is 115 cm³/mol. The Bertz CT molecular complexity index is 633. The summed E-state index contributed by atoms with van der Waals surface area (Å²) in [4.78, 5) is 29.4. The van der Waals surface area contributed by atoms with Gasteiger partial charge in [-0.1, -0.05) is 0 Å². The Hall–Kier alpha value is -1.57. The summed E-state index contributed by atoms with van der Waals surface area (Å²) in [6.07, 6.45) is 2.61. The zero-order valence-corrected chi connectivity index (χ0v) is 19.2. The van der Waals surface area contributed by atoms with Crippen LogP contribution < -0.4 is 0 Å². The summed E-state index contributed by atoms with van der Waals surface area (Å²) in [6, 6.07) is 3.93. The highest BCUT2D eigenvalue weighted by molar-refractivity contribution is 6.19. The fourth-order valence-electron chi connectivity index (χ4n) is 2.85. The number of hydrogen-bond donors (Lipinski definition) is 0. The summed E-state index contributed by atoms with van der Waals surface area (Å²) >= 11 is 6.01. The zero-order chi connectivity index (χ0) is 21.9. The zero-order valence-electron chi connectivity index (χ0n) is 18.4. The number of alkyl halides is 1. The van der Waals surface area contributed by atoms with E-state index in [9.17, 15) is 9.59 Å². The molecule has 0 bridgehead atoms. The molecule has 1 aromatic rings. The van der Waals surface area contributed by atoms with E-state index < -0.39 is 5.41 Å². The Balaban J connectivity index is 2.90. The monoisotopic (exact) mass is 429 g/mol. The van der Waals surface area contributed by atoms with Crippen LogP contribution in [0.2, 0.25) is 0 Å². The van der Waals surface area contributed by atoms with E-state index in [1.807, 2.05) is 36.9 Å². The molecule has 166 valence electrons. The number of rotatable bonds is 14. The molecule has 0 aliphatic carbocycles. The first kappa shape index (κ1) is 25.5. The molecule has 0 N–H and O–H groups in total. The van der Waals surface area contributed by atoms with Crippen LogP contribution in [0.25, 0.3) is 0 Å². The highest BCUT2D eigenvalue weighted by atomic mass is 35.5. The first-order valence-electron chi connectivity index (χ1n) is 10.1. The van der Waals surface area contributed by atoms with Crippen molar-refractivity contribution in [1.82, 2.24) is 14.4 Å². The van der Waals surface area contributed by atoms with E-state index in [0.717, 1.165) is 5.69 Å². The number of nitrogens with zero attached hydrogens (tertiary/aromatic N) is 3. The first-order chi connectivity index (χ1) is 13.8. The maximum atomic E-state index is 13.1. The van der Waals surface area contributed by atoms with Crippen LogP contribution in [0, 0.1) is 5.41 Å². The standard InChI is InChI=1S/C21H36ClN3O4/c1-6-29-13-8-11-25(20(27)21(2,3)17-22)16-19(26)24(12-14-28-5)15-18-9-7-10-23(18)4/h7,9-10H,6,8,11-17H2,1-5H3. The van der Waals surface area contributed by atoms with Crippen molar-refractivity contribution in [2.24, 2.45) is 12.5 Å². The summed E-state index contributed by atoms with van der Waals surface area (Å²) in [5, 5.41) is 0. The quantitative estimate of drug-likeness (QED) is 0.336. The number of methoxy groups -OCH3 is 1. The molecule has 1 aromatic heterocycles. The van der Waals surface area contributed by atoms with Crippen LogP contribution in [0.4, 0.5) is 0 Å². The second-order valence-electron chi connectivity index (χ2n) is 7.71. The minimum Gasteiger partial charge on any atom is -0.383 e. The topological polar surface area (TPSA) is 64.0 Å². The van der Waals surface area contributed by atoms with E-state index in [2.05, 4.69) is 0 Å². The van der Waals surface area contributed by atoms with Gasteiger partial charge in [0.05, 0.1) is 25.1 Å². The lowest BCUT2D eigenvalue weighted by Gasteiger charge is -2.32.